The zero-order chi connectivity index (χ0) is 6.41. The van der Waals surface area contributed by atoms with Gasteiger partial charge in [-0.1, -0.05) is 31.9 Å². The molecule has 2 nitrogen and oxygen atoms in total. The van der Waals surface area contributed by atoms with E-state index in [4.69, 9.17) is 0 Å². The van der Waals surface area contributed by atoms with E-state index >= 15 is 0 Å². The number of carbonyl (C=O) groups excluding carboxylic acids is 1. The number of halogens is 2. The van der Waals surface area contributed by atoms with Gasteiger partial charge in [-0.3, -0.25) is 0 Å². The molecular formula is C4H5Br2O2. The van der Waals surface area contributed by atoms with Crippen LogP contribution >= 0.6 is 31.9 Å². The third kappa shape index (κ3) is 4.59. The van der Waals surface area contributed by atoms with E-state index in [2.05, 4.69) is 36.6 Å². The molecule has 0 saturated heterocycles. The van der Waals surface area contributed by atoms with Crippen molar-refractivity contribution >= 4 is 38.3 Å². The quantitative estimate of drug-likeness (QED) is 0.696. The van der Waals surface area contributed by atoms with E-state index in [0.29, 0.717) is 6.61 Å². The topological polar surface area (TPSA) is 26.3 Å². The second kappa shape index (κ2) is 5.56. The van der Waals surface area contributed by atoms with Gasteiger partial charge in [0.25, 0.3) is 0 Å². The standard InChI is InChI=1S/C4H5Br2O2/c5-1-4(6)2-8-3-7/h4H,1-2H2. The van der Waals surface area contributed by atoms with Crippen LogP contribution in [0.2, 0.25) is 0 Å². The maximum Gasteiger partial charge on any atom is 0.417 e. The number of rotatable bonds is 4. The van der Waals surface area contributed by atoms with Gasteiger partial charge in [0.1, 0.15) is 6.61 Å². The molecule has 0 aromatic carbocycles. The van der Waals surface area contributed by atoms with Gasteiger partial charge in [-0.05, 0) is 0 Å². The molecule has 8 heavy (non-hydrogen) atoms. The second-order valence-electron chi connectivity index (χ2n) is 1.15. The molecule has 47 valence electrons. The Hall–Kier alpha value is 0.430. The fraction of sp³-hybridized carbons (Fsp3) is 0.750. The summed E-state index contributed by atoms with van der Waals surface area (Å²) < 4.78 is 4.30. The van der Waals surface area contributed by atoms with Crippen molar-refractivity contribution in [2.24, 2.45) is 0 Å². The van der Waals surface area contributed by atoms with E-state index in [9.17, 15) is 4.79 Å². The molecule has 0 fully saturated rings. The summed E-state index contributed by atoms with van der Waals surface area (Å²) in [6, 6.07) is 0. The maximum absolute atomic E-state index is 9.44. The van der Waals surface area contributed by atoms with Crippen molar-refractivity contribution in [1.29, 1.82) is 0 Å². The molecule has 4 heteroatoms. The summed E-state index contributed by atoms with van der Waals surface area (Å²) >= 11 is 6.42. The largest absolute Gasteiger partial charge is 0.456 e. The molecule has 1 atom stereocenters. The first-order valence-electron chi connectivity index (χ1n) is 2.00. The Kier molecular flexibility index (Phi) is 5.86. The average Bonchev–Trinajstić information content (AvgIpc) is 1.83. The van der Waals surface area contributed by atoms with Crippen molar-refractivity contribution in [3.63, 3.8) is 0 Å². The first-order valence-corrected chi connectivity index (χ1v) is 4.04. The minimum atomic E-state index is 0.198. The Morgan fingerprint density at radius 2 is 2.38 bits per heavy atom. The molecule has 0 aliphatic rings. The fourth-order valence-corrected chi connectivity index (χ4v) is 0.488. The summed E-state index contributed by atoms with van der Waals surface area (Å²) in [7, 11) is 0. The first-order chi connectivity index (χ1) is 3.81. The highest BCUT2D eigenvalue weighted by Gasteiger charge is 1.99. The number of hydrogen-bond donors (Lipinski definition) is 0. The Labute approximate surface area is 64.8 Å². The molecule has 0 rings (SSSR count). The molecule has 0 N–H and O–H groups in total. The van der Waals surface area contributed by atoms with Gasteiger partial charge in [0.2, 0.25) is 0 Å². The van der Waals surface area contributed by atoms with Crippen molar-refractivity contribution in [3.8, 4) is 0 Å². The van der Waals surface area contributed by atoms with E-state index < -0.39 is 0 Å². The predicted molar refractivity (Wildman–Crippen MR) is 38.2 cm³/mol. The number of hydrogen-bond acceptors (Lipinski definition) is 2. The lowest BCUT2D eigenvalue weighted by atomic mass is 10.5. The van der Waals surface area contributed by atoms with E-state index in [1.165, 1.54) is 6.47 Å². The van der Waals surface area contributed by atoms with Crippen LogP contribution in [0.15, 0.2) is 0 Å². The van der Waals surface area contributed by atoms with Crippen LogP contribution in [0.25, 0.3) is 0 Å². The summed E-state index contributed by atoms with van der Waals surface area (Å²) in [4.78, 5) is 9.64. The molecule has 0 aromatic rings. The third-order valence-electron chi connectivity index (χ3n) is 0.491. The summed E-state index contributed by atoms with van der Waals surface area (Å²) in [5, 5.41) is 0.772. The van der Waals surface area contributed by atoms with Crippen LogP contribution in [-0.4, -0.2) is 23.2 Å². The molecule has 0 amide bonds. The SMILES string of the molecule is O=[C]OCC(Br)CBr. The van der Waals surface area contributed by atoms with E-state index in [-0.39, 0.29) is 4.83 Å². The minimum absolute atomic E-state index is 0.198. The lowest BCUT2D eigenvalue weighted by molar-refractivity contribution is 0.284. The van der Waals surface area contributed by atoms with Gasteiger partial charge in [-0.25, -0.2) is 4.79 Å². The molecule has 0 spiro atoms. The van der Waals surface area contributed by atoms with E-state index in [0.717, 1.165) is 5.33 Å². The van der Waals surface area contributed by atoms with Gasteiger partial charge >= 0.3 is 6.47 Å². The van der Waals surface area contributed by atoms with Gasteiger partial charge in [0.15, 0.2) is 0 Å². The fourth-order valence-electron chi connectivity index (χ4n) is 0.169. The molecule has 0 saturated carbocycles. The lowest BCUT2D eigenvalue weighted by Crippen LogP contribution is -2.08. The zero-order valence-electron chi connectivity index (χ0n) is 4.06. The molecule has 1 radical (unpaired) electrons. The highest BCUT2D eigenvalue weighted by atomic mass is 79.9. The van der Waals surface area contributed by atoms with Crippen LogP contribution in [0.3, 0.4) is 0 Å². The monoisotopic (exact) mass is 243 g/mol. The summed E-state index contributed by atoms with van der Waals surface area (Å²) in [6.45, 7) is 1.70. The van der Waals surface area contributed by atoms with Crippen molar-refractivity contribution < 1.29 is 9.53 Å². The van der Waals surface area contributed by atoms with Crippen molar-refractivity contribution in [2.45, 2.75) is 4.83 Å². The summed E-state index contributed by atoms with van der Waals surface area (Å²) in [5.74, 6) is 0. The normalized spacial score (nSPS) is 12.8. The summed E-state index contributed by atoms with van der Waals surface area (Å²) in [5.41, 5.74) is 0. The van der Waals surface area contributed by atoms with Crippen molar-refractivity contribution in [2.75, 3.05) is 11.9 Å². The Morgan fingerprint density at radius 3 is 2.75 bits per heavy atom. The molecule has 1 unspecified atom stereocenters. The van der Waals surface area contributed by atoms with Gasteiger partial charge in [0, 0.05) is 5.33 Å². The van der Waals surface area contributed by atoms with Crippen LogP contribution in [0.4, 0.5) is 0 Å². The Morgan fingerprint density at radius 1 is 1.75 bits per heavy atom. The van der Waals surface area contributed by atoms with Crippen LogP contribution in [-0.2, 0) is 9.53 Å². The van der Waals surface area contributed by atoms with Crippen LogP contribution in [0.1, 0.15) is 0 Å². The average molecular weight is 245 g/mol. The molecule has 0 bridgehead atoms. The van der Waals surface area contributed by atoms with E-state index in [1.54, 1.807) is 0 Å². The van der Waals surface area contributed by atoms with Gasteiger partial charge in [-0.15, -0.1) is 0 Å². The van der Waals surface area contributed by atoms with Crippen LogP contribution in [0.5, 0.6) is 0 Å². The molecule has 0 aliphatic carbocycles. The van der Waals surface area contributed by atoms with Gasteiger partial charge in [0.05, 0.1) is 4.83 Å². The van der Waals surface area contributed by atoms with Gasteiger partial charge < -0.3 is 4.74 Å². The zero-order valence-corrected chi connectivity index (χ0v) is 7.24. The molecule has 0 heterocycles. The molecule has 0 aromatic heterocycles. The highest BCUT2D eigenvalue weighted by molar-refractivity contribution is 9.12. The van der Waals surface area contributed by atoms with Crippen molar-refractivity contribution in [1.82, 2.24) is 0 Å². The Balaban J connectivity index is 2.97. The number of ether oxygens (including phenoxy) is 1. The van der Waals surface area contributed by atoms with E-state index in [1.807, 2.05) is 0 Å². The van der Waals surface area contributed by atoms with Gasteiger partial charge in [-0.2, -0.15) is 0 Å². The Bertz CT molecular complexity index is 67.1. The van der Waals surface area contributed by atoms with Crippen LogP contribution < -0.4 is 0 Å². The maximum atomic E-state index is 9.44. The molecular weight excluding hydrogens is 240 g/mol. The number of alkyl halides is 2. The third-order valence-corrected chi connectivity index (χ3v) is 2.73. The first kappa shape index (κ1) is 8.43. The smallest absolute Gasteiger partial charge is 0.417 e. The predicted octanol–water partition coefficient (Wildman–Crippen LogP) is 1.23. The highest BCUT2D eigenvalue weighted by Crippen LogP contribution is 2.02. The second-order valence-corrected chi connectivity index (χ2v) is 3.09. The van der Waals surface area contributed by atoms with Crippen LogP contribution in [0, 0.1) is 0 Å². The molecule has 0 aliphatic heterocycles. The minimum Gasteiger partial charge on any atom is -0.456 e. The summed E-state index contributed by atoms with van der Waals surface area (Å²) in [6.07, 6.45) is 0. The lowest BCUT2D eigenvalue weighted by Gasteiger charge is -1.99. The van der Waals surface area contributed by atoms with Crippen molar-refractivity contribution in [3.05, 3.63) is 0 Å².